The first-order valence-corrected chi connectivity index (χ1v) is 5.08. The molecule has 0 atom stereocenters. The number of benzene rings is 1. The molecule has 15 heavy (non-hydrogen) atoms. The van der Waals surface area contributed by atoms with Crippen molar-refractivity contribution in [3.8, 4) is 0 Å². The van der Waals surface area contributed by atoms with Crippen LogP contribution in [0, 0.1) is 17.0 Å². The van der Waals surface area contributed by atoms with Crippen LogP contribution < -0.4 is 5.73 Å². The molecule has 2 N–H and O–H groups in total. The highest BCUT2D eigenvalue weighted by Crippen LogP contribution is 2.43. The van der Waals surface area contributed by atoms with E-state index in [-0.39, 0.29) is 10.6 Å². The fourth-order valence-electron chi connectivity index (χ4n) is 2.13. The van der Waals surface area contributed by atoms with Crippen LogP contribution in [0.5, 0.6) is 0 Å². The Morgan fingerprint density at radius 1 is 1.47 bits per heavy atom. The van der Waals surface area contributed by atoms with Crippen molar-refractivity contribution < 1.29 is 4.92 Å². The van der Waals surface area contributed by atoms with Gasteiger partial charge < -0.3 is 5.73 Å². The predicted molar refractivity (Wildman–Crippen MR) is 57.5 cm³/mol. The van der Waals surface area contributed by atoms with Gasteiger partial charge in [0, 0.05) is 16.7 Å². The molecule has 1 aliphatic rings. The Kier molecular flexibility index (Phi) is 2.23. The molecule has 0 radical (unpaired) electrons. The van der Waals surface area contributed by atoms with E-state index in [1.54, 1.807) is 19.1 Å². The monoisotopic (exact) mass is 206 g/mol. The van der Waals surface area contributed by atoms with Gasteiger partial charge in [-0.3, -0.25) is 10.1 Å². The molecule has 0 unspecified atom stereocenters. The summed E-state index contributed by atoms with van der Waals surface area (Å²) in [6.45, 7) is 1.75. The third-order valence-corrected chi connectivity index (χ3v) is 3.20. The molecule has 1 aromatic rings. The third-order valence-electron chi connectivity index (χ3n) is 3.20. The zero-order chi connectivity index (χ0) is 11.1. The Balaban J connectivity index is 2.55. The average molecular weight is 206 g/mol. The second-order valence-corrected chi connectivity index (χ2v) is 4.24. The van der Waals surface area contributed by atoms with E-state index in [1.807, 2.05) is 6.07 Å². The summed E-state index contributed by atoms with van der Waals surface area (Å²) in [4.78, 5) is 10.7. The van der Waals surface area contributed by atoms with Crippen LogP contribution in [0.4, 0.5) is 5.69 Å². The minimum absolute atomic E-state index is 0.194. The average Bonchev–Trinajstić information content (AvgIpc) is 2.13. The van der Waals surface area contributed by atoms with E-state index >= 15 is 0 Å². The Morgan fingerprint density at radius 2 is 2.13 bits per heavy atom. The number of hydrogen-bond donors (Lipinski definition) is 1. The highest BCUT2D eigenvalue weighted by Gasteiger charge is 2.39. The van der Waals surface area contributed by atoms with Gasteiger partial charge in [-0.05, 0) is 26.2 Å². The second kappa shape index (κ2) is 3.31. The normalized spacial score (nSPS) is 18.3. The molecule has 4 heteroatoms. The molecule has 0 amide bonds. The van der Waals surface area contributed by atoms with E-state index < -0.39 is 5.54 Å². The Bertz CT molecular complexity index is 411. The van der Waals surface area contributed by atoms with Crippen LogP contribution in [-0.4, -0.2) is 4.92 Å². The quantitative estimate of drug-likeness (QED) is 0.596. The van der Waals surface area contributed by atoms with Gasteiger partial charge in [-0.15, -0.1) is 0 Å². The van der Waals surface area contributed by atoms with Crippen LogP contribution in [0.3, 0.4) is 0 Å². The van der Waals surface area contributed by atoms with Gasteiger partial charge in [0.2, 0.25) is 0 Å². The molecule has 0 aromatic heterocycles. The number of nitrogens with zero attached hydrogens (tertiary/aromatic N) is 1. The minimum atomic E-state index is -0.464. The lowest BCUT2D eigenvalue weighted by molar-refractivity contribution is -0.386. The standard InChI is InChI=1S/C11H14N2O2/c1-8-4-2-5-9(10(8)13(14)15)11(12)6-3-7-11/h2,4-5H,3,6-7,12H2,1H3. The summed E-state index contributed by atoms with van der Waals surface area (Å²) in [5.74, 6) is 0. The highest BCUT2D eigenvalue weighted by molar-refractivity contribution is 5.51. The second-order valence-electron chi connectivity index (χ2n) is 4.24. The van der Waals surface area contributed by atoms with Crippen LogP contribution in [0.1, 0.15) is 30.4 Å². The molecule has 0 aliphatic heterocycles. The lowest BCUT2D eigenvalue weighted by Crippen LogP contribution is -2.43. The largest absolute Gasteiger partial charge is 0.321 e. The van der Waals surface area contributed by atoms with E-state index in [9.17, 15) is 10.1 Å². The Hall–Kier alpha value is -1.42. The molecule has 0 saturated heterocycles. The smallest absolute Gasteiger partial charge is 0.277 e. The summed E-state index contributed by atoms with van der Waals surface area (Å²) >= 11 is 0. The fraction of sp³-hybridized carbons (Fsp3) is 0.455. The zero-order valence-electron chi connectivity index (χ0n) is 8.69. The Labute approximate surface area is 88.2 Å². The van der Waals surface area contributed by atoms with E-state index in [4.69, 9.17) is 5.73 Å². The van der Waals surface area contributed by atoms with Crippen molar-refractivity contribution in [2.75, 3.05) is 0 Å². The van der Waals surface area contributed by atoms with Crippen LogP contribution in [0.15, 0.2) is 18.2 Å². The first-order chi connectivity index (χ1) is 7.04. The number of nitro benzene ring substituents is 1. The molecule has 4 nitrogen and oxygen atoms in total. The molecule has 0 bridgehead atoms. The SMILES string of the molecule is Cc1cccc(C2(N)CCC2)c1[N+](=O)[O-]. The summed E-state index contributed by atoms with van der Waals surface area (Å²) in [6.07, 6.45) is 2.75. The maximum absolute atomic E-state index is 11.0. The molecule has 1 fully saturated rings. The van der Waals surface area contributed by atoms with Gasteiger partial charge in [-0.1, -0.05) is 18.2 Å². The van der Waals surface area contributed by atoms with E-state index in [1.165, 1.54) is 0 Å². The number of nitro groups is 1. The summed E-state index contributed by atoms with van der Waals surface area (Å²) in [5.41, 5.74) is 7.24. The van der Waals surface area contributed by atoms with Gasteiger partial charge in [-0.25, -0.2) is 0 Å². The van der Waals surface area contributed by atoms with Crippen molar-refractivity contribution in [1.29, 1.82) is 0 Å². The van der Waals surface area contributed by atoms with Crippen LogP contribution in [0.2, 0.25) is 0 Å². The zero-order valence-corrected chi connectivity index (χ0v) is 8.69. The van der Waals surface area contributed by atoms with Crippen LogP contribution >= 0.6 is 0 Å². The van der Waals surface area contributed by atoms with Crippen molar-refractivity contribution in [3.05, 3.63) is 39.4 Å². The number of para-hydroxylation sites is 1. The summed E-state index contributed by atoms with van der Waals surface area (Å²) < 4.78 is 0. The van der Waals surface area contributed by atoms with E-state index in [0.717, 1.165) is 19.3 Å². The molecule has 80 valence electrons. The molecular weight excluding hydrogens is 192 g/mol. The topological polar surface area (TPSA) is 69.2 Å². The lowest BCUT2D eigenvalue weighted by Gasteiger charge is -2.38. The van der Waals surface area contributed by atoms with Crippen molar-refractivity contribution in [3.63, 3.8) is 0 Å². The van der Waals surface area contributed by atoms with Crippen molar-refractivity contribution >= 4 is 5.69 Å². The number of rotatable bonds is 2. The summed E-state index contributed by atoms with van der Waals surface area (Å²) in [6, 6.07) is 5.37. The van der Waals surface area contributed by atoms with Gasteiger partial charge in [0.1, 0.15) is 0 Å². The van der Waals surface area contributed by atoms with Crippen molar-refractivity contribution in [1.82, 2.24) is 0 Å². The maximum Gasteiger partial charge on any atom is 0.277 e. The van der Waals surface area contributed by atoms with E-state index in [2.05, 4.69) is 0 Å². The number of aryl methyl sites for hydroxylation is 1. The van der Waals surface area contributed by atoms with Crippen molar-refractivity contribution in [2.45, 2.75) is 31.7 Å². The van der Waals surface area contributed by atoms with Gasteiger partial charge >= 0.3 is 0 Å². The maximum atomic E-state index is 11.0. The molecule has 2 rings (SSSR count). The molecule has 0 spiro atoms. The summed E-state index contributed by atoms with van der Waals surface area (Å²) in [7, 11) is 0. The predicted octanol–water partition coefficient (Wildman–Crippen LogP) is 2.24. The lowest BCUT2D eigenvalue weighted by atomic mass is 9.72. The first kappa shape index (κ1) is 10.1. The molecule has 0 heterocycles. The van der Waals surface area contributed by atoms with Gasteiger partial charge in [-0.2, -0.15) is 0 Å². The Morgan fingerprint density at radius 3 is 2.60 bits per heavy atom. The summed E-state index contributed by atoms with van der Waals surface area (Å²) in [5, 5.41) is 11.0. The molecular formula is C11H14N2O2. The van der Waals surface area contributed by atoms with Crippen molar-refractivity contribution in [2.24, 2.45) is 5.73 Å². The molecule has 1 saturated carbocycles. The third kappa shape index (κ3) is 1.51. The highest BCUT2D eigenvalue weighted by atomic mass is 16.6. The molecule has 1 aromatic carbocycles. The minimum Gasteiger partial charge on any atom is -0.321 e. The van der Waals surface area contributed by atoms with E-state index in [0.29, 0.717) is 11.1 Å². The van der Waals surface area contributed by atoms with Gasteiger partial charge in [0.05, 0.1) is 4.92 Å². The fourth-order valence-corrected chi connectivity index (χ4v) is 2.13. The number of hydrogen-bond acceptors (Lipinski definition) is 3. The molecule has 1 aliphatic carbocycles. The van der Waals surface area contributed by atoms with Gasteiger partial charge in [0.25, 0.3) is 5.69 Å². The van der Waals surface area contributed by atoms with Crippen LogP contribution in [0.25, 0.3) is 0 Å². The van der Waals surface area contributed by atoms with Gasteiger partial charge in [0.15, 0.2) is 0 Å². The number of nitrogens with two attached hydrogens (primary N) is 1. The first-order valence-electron chi connectivity index (χ1n) is 5.08. The van der Waals surface area contributed by atoms with Crippen LogP contribution in [-0.2, 0) is 5.54 Å².